The van der Waals surface area contributed by atoms with Gasteiger partial charge in [-0.15, -0.1) is 0 Å². The van der Waals surface area contributed by atoms with Crippen molar-refractivity contribution < 1.29 is 18.0 Å². The largest absolute Gasteiger partial charge is 0.354 e. The fraction of sp³-hybridized carbons (Fsp3) is 0.400. The van der Waals surface area contributed by atoms with E-state index in [2.05, 4.69) is 20.6 Å². The Morgan fingerprint density at radius 3 is 2.75 bits per heavy atom. The molecule has 1 aromatic carbocycles. The molecule has 1 fully saturated rings. The van der Waals surface area contributed by atoms with E-state index in [1.54, 1.807) is 12.1 Å². The lowest BCUT2D eigenvalue weighted by Gasteiger charge is -2.37. The number of benzene rings is 1. The second-order valence-corrected chi connectivity index (χ2v) is 11.3. The van der Waals surface area contributed by atoms with Crippen molar-refractivity contribution in [3.8, 4) is 0 Å². The summed E-state index contributed by atoms with van der Waals surface area (Å²) >= 11 is 0. The average molecular weight is 513 g/mol. The molecule has 1 saturated heterocycles. The highest BCUT2D eigenvalue weighted by molar-refractivity contribution is 7.89. The Hall–Kier alpha value is -3.28. The van der Waals surface area contributed by atoms with E-state index in [-0.39, 0.29) is 29.8 Å². The molecule has 2 amide bonds. The number of carbonyl (C=O) groups is 2. The van der Waals surface area contributed by atoms with Crippen LogP contribution < -0.4 is 10.6 Å². The molecule has 2 aromatic heterocycles. The highest BCUT2D eigenvalue weighted by atomic mass is 32.2. The van der Waals surface area contributed by atoms with E-state index in [4.69, 9.17) is 0 Å². The van der Waals surface area contributed by atoms with Gasteiger partial charge in [0.15, 0.2) is 0 Å². The van der Waals surface area contributed by atoms with Crippen molar-refractivity contribution in [1.82, 2.24) is 29.8 Å². The Labute approximate surface area is 211 Å². The van der Waals surface area contributed by atoms with E-state index in [0.717, 1.165) is 16.5 Å². The topological polar surface area (TPSA) is 128 Å². The number of fused-ring (bicyclic) bond motifs is 1. The second-order valence-electron chi connectivity index (χ2n) is 9.39. The first-order chi connectivity index (χ1) is 17.1. The summed E-state index contributed by atoms with van der Waals surface area (Å²) in [6.07, 6.45) is 3.11. The first kappa shape index (κ1) is 25.8. The Morgan fingerprint density at radius 1 is 1.22 bits per heavy atom. The van der Waals surface area contributed by atoms with Crippen LogP contribution in [0.15, 0.2) is 53.7 Å². The van der Waals surface area contributed by atoms with Crippen molar-refractivity contribution in [2.24, 2.45) is 5.92 Å². The van der Waals surface area contributed by atoms with Crippen LogP contribution in [0, 0.1) is 12.8 Å². The van der Waals surface area contributed by atoms with Crippen LogP contribution >= 0.6 is 0 Å². The number of aromatic amines is 1. The highest BCUT2D eigenvalue weighted by Gasteiger charge is 2.40. The fourth-order valence-corrected chi connectivity index (χ4v) is 5.83. The third-order valence-electron chi connectivity index (χ3n) is 6.38. The fourth-order valence-electron chi connectivity index (χ4n) is 4.38. The number of nitrogens with one attached hydrogen (secondary N) is 3. The second kappa shape index (κ2) is 10.8. The summed E-state index contributed by atoms with van der Waals surface area (Å²) in [5.74, 6) is -1.37. The maximum Gasteiger partial charge on any atom is 0.267 e. The summed E-state index contributed by atoms with van der Waals surface area (Å²) in [5.41, 5.74) is 2.33. The molecule has 1 aliphatic rings. The number of rotatable bonds is 8. The number of piperidine rings is 1. The zero-order valence-electron chi connectivity index (χ0n) is 20.7. The molecule has 192 valence electrons. The Kier molecular flexibility index (Phi) is 7.72. The zero-order valence-corrected chi connectivity index (χ0v) is 21.5. The Morgan fingerprint density at radius 2 is 2.03 bits per heavy atom. The normalized spacial score (nSPS) is 18.9. The van der Waals surface area contributed by atoms with Crippen molar-refractivity contribution in [2.45, 2.75) is 24.3 Å². The molecule has 4 rings (SSSR count). The van der Waals surface area contributed by atoms with E-state index in [9.17, 15) is 18.0 Å². The van der Waals surface area contributed by atoms with Crippen LogP contribution in [0.3, 0.4) is 0 Å². The van der Waals surface area contributed by atoms with Gasteiger partial charge in [-0.2, -0.15) is 4.31 Å². The minimum atomic E-state index is -3.82. The SMILES string of the molecule is Cc1ccc2[nH]c(C(=O)N[C@H]3CCN(S(=O)(=O)c4cccnc4)C[C@@H]3C(=O)NCCN(C)C)cc2c1. The third-order valence-corrected chi connectivity index (χ3v) is 8.23. The number of likely N-dealkylation sites (N-methyl/N-ethyl adjacent to an activating group) is 1. The van der Waals surface area contributed by atoms with Crippen molar-refractivity contribution in [1.29, 1.82) is 0 Å². The van der Waals surface area contributed by atoms with Gasteiger partial charge in [0.25, 0.3) is 5.91 Å². The molecule has 0 aliphatic carbocycles. The van der Waals surface area contributed by atoms with Gasteiger partial charge in [-0.25, -0.2) is 8.42 Å². The van der Waals surface area contributed by atoms with Crippen LogP contribution in [0.5, 0.6) is 0 Å². The number of carbonyl (C=O) groups excluding carboxylic acids is 2. The van der Waals surface area contributed by atoms with E-state index < -0.39 is 22.0 Å². The van der Waals surface area contributed by atoms with Gasteiger partial charge in [0.05, 0.1) is 5.92 Å². The number of aryl methyl sites for hydroxylation is 1. The predicted molar refractivity (Wildman–Crippen MR) is 137 cm³/mol. The molecule has 3 aromatic rings. The number of hydrogen-bond acceptors (Lipinski definition) is 6. The molecule has 2 atom stereocenters. The molecule has 0 bridgehead atoms. The first-order valence-corrected chi connectivity index (χ1v) is 13.3. The van der Waals surface area contributed by atoms with Gasteiger partial charge in [0.2, 0.25) is 15.9 Å². The van der Waals surface area contributed by atoms with E-state index in [1.807, 2.05) is 44.1 Å². The molecule has 3 heterocycles. The minimum absolute atomic E-state index is 0.0398. The monoisotopic (exact) mass is 512 g/mol. The molecular weight excluding hydrogens is 480 g/mol. The summed E-state index contributed by atoms with van der Waals surface area (Å²) in [5, 5.41) is 6.80. The molecule has 0 unspecified atom stereocenters. The summed E-state index contributed by atoms with van der Waals surface area (Å²) in [6, 6.07) is 10.2. The Bertz CT molecular complexity index is 1340. The summed E-state index contributed by atoms with van der Waals surface area (Å²) in [4.78, 5) is 35.4. The number of H-pyrrole nitrogens is 1. The standard InChI is InChI=1S/C25H32N6O4S/c1-17-6-7-21-18(13-17)14-23(28-21)25(33)29-22-8-11-31(36(34,35)19-5-4-9-26-15-19)16-20(22)24(32)27-10-12-30(2)3/h4-7,9,13-15,20,22,28H,8,10-12,16H2,1-3H3,(H,27,32)(H,29,33)/t20-,22-/m0/s1. The highest BCUT2D eigenvalue weighted by Crippen LogP contribution is 2.25. The molecule has 36 heavy (non-hydrogen) atoms. The van der Waals surface area contributed by atoms with Crippen molar-refractivity contribution in [3.63, 3.8) is 0 Å². The molecular formula is C25H32N6O4S. The van der Waals surface area contributed by atoms with Gasteiger partial charge in [-0.1, -0.05) is 11.6 Å². The van der Waals surface area contributed by atoms with Gasteiger partial charge in [0, 0.05) is 55.5 Å². The van der Waals surface area contributed by atoms with Crippen molar-refractivity contribution in [3.05, 3.63) is 60.0 Å². The lowest BCUT2D eigenvalue weighted by Crippen LogP contribution is -2.57. The van der Waals surface area contributed by atoms with Gasteiger partial charge in [0.1, 0.15) is 10.6 Å². The lowest BCUT2D eigenvalue weighted by molar-refractivity contribution is -0.126. The molecule has 1 aliphatic heterocycles. The predicted octanol–water partition coefficient (Wildman–Crippen LogP) is 1.36. The number of amides is 2. The van der Waals surface area contributed by atoms with E-state index in [1.165, 1.54) is 22.8 Å². The molecule has 11 heteroatoms. The van der Waals surface area contributed by atoms with Gasteiger partial charge >= 0.3 is 0 Å². The summed E-state index contributed by atoms with van der Waals surface area (Å²) in [7, 11) is -0.0190. The van der Waals surface area contributed by atoms with Crippen LogP contribution in [0.25, 0.3) is 10.9 Å². The smallest absolute Gasteiger partial charge is 0.267 e. The number of nitrogens with zero attached hydrogens (tertiary/aromatic N) is 3. The van der Waals surface area contributed by atoms with Crippen LogP contribution in [0.1, 0.15) is 22.5 Å². The van der Waals surface area contributed by atoms with Gasteiger partial charge in [-0.05, 0) is 57.8 Å². The van der Waals surface area contributed by atoms with Crippen LogP contribution in [-0.4, -0.2) is 85.7 Å². The molecule has 0 spiro atoms. The summed E-state index contributed by atoms with van der Waals surface area (Å²) < 4.78 is 27.7. The minimum Gasteiger partial charge on any atom is -0.354 e. The average Bonchev–Trinajstić information content (AvgIpc) is 3.28. The Balaban J connectivity index is 1.53. The van der Waals surface area contributed by atoms with E-state index in [0.29, 0.717) is 25.2 Å². The molecule has 0 saturated carbocycles. The number of aromatic nitrogens is 2. The maximum atomic E-state index is 13.2. The van der Waals surface area contributed by atoms with Crippen LogP contribution in [0.4, 0.5) is 0 Å². The maximum absolute atomic E-state index is 13.2. The molecule has 3 N–H and O–H groups in total. The molecule has 10 nitrogen and oxygen atoms in total. The molecule has 0 radical (unpaired) electrons. The number of hydrogen-bond donors (Lipinski definition) is 3. The van der Waals surface area contributed by atoms with E-state index >= 15 is 0 Å². The lowest BCUT2D eigenvalue weighted by atomic mass is 9.92. The van der Waals surface area contributed by atoms with Crippen LogP contribution in [0.2, 0.25) is 0 Å². The first-order valence-electron chi connectivity index (χ1n) is 11.9. The third kappa shape index (κ3) is 5.75. The van der Waals surface area contributed by atoms with Crippen LogP contribution in [-0.2, 0) is 14.8 Å². The van der Waals surface area contributed by atoms with Gasteiger partial charge in [-0.3, -0.25) is 14.6 Å². The summed E-state index contributed by atoms with van der Waals surface area (Å²) in [6.45, 7) is 3.18. The van der Waals surface area contributed by atoms with Crippen molar-refractivity contribution >= 4 is 32.7 Å². The number of pyridine rings is 1. The quantitative estimate of drug-likeness (QED) is 0.418. The zero-order chi connectivity index (χ0) is 25.9. The van der Waals surface area contributed by atoms with Gasteiger partial charge < -0.3 is 20.5 Å². The number of sulfonamides is 1. The van der Waals surface area contributed by atoms with Crippen molar-refractivity contribution in [2.75, 3.05) is 40.3 Å².